The third-order valence-corrected chi connectivity index (χ3v) is 7.35. The monoisotopic (exact) mass is 521 g/mol. The first kappa shape index (κ1) is 26.0. The van der Waals surface area contributed by atoms with Crippen LogP contribution in [0.4, 0.5) is 16.3 Å². The fraction of sp³-hybridized carbons (Fsp3) is 0.185. The number of nitrogens with one attached hydrogen (secondary N) is 1. The first-order valence-corrected chi connectivity index (χ1v) is 13.8. The summed E-state index contributed by atoms with van der Waals surface area (Å²) in [5, 5.41) is 5.21. The summed E-state index contributed by atoms with van der Waals surface area (Å²) in [5.41, 5.74) is 5.89. The van der Waals surface area contributed by atoms with Crippen molar-refractivity contribution in [2.45, 2.75) is 13.8 Å². The number of primary amides is 1. The molecule has 1 amide bonds. The minimum Gasteiger partial charge on any atom is -0.493 e. The van der Waals surface area contributed by atoms with E-state index in [-0.39, 0.29) is 0 Å². The Labute approximate surface area is 215 Å². The van der Waals surface area contributed by atoms with Crippen LogP contribution in [-0.4, -0.2) is 31.0 Å². The van der Waals surface area contributed by atoms with Crippen molar-refractivity contribution in [3.05, 3.63) is 72.9 Å². The standard InChI is InChI=1S/C27H28N3O6P/c1-4-33-24-16-18(10-13-25(24)37(3,32)34-5-2)30-26-17-19(14-15-29-26)35-22-11-12-23(36-27(28)31)21-9-7-6-8-20(21)22/h6-17H,4-5H2,1-3H3,(H2,28,31)(H,29,30). The van der Waals surface area contributed by atoms with Gasteiger partial charge in [-0.25, -0.2) is 9.78 Å². The number of ether oxygens (including phenoxy) is 3. The van der Waals surface area contributed by atoms with Gasteiger partial charge in [-0.2, -0.15) is 0 Å². The maximum Gasteiger partial charge on any atom is 0.409 e. The minimum atomic E-state index is -3.02. The van der Waals surface area contributed by atoms with Gasteiger partial charge in [0.2, 0.25) is 7.37 Å². The van der Waals surface area contributed by atoms with Crippen LogP contribution in [0.15, 0.2) is 72.9 Å². The predicted octanol–water partition coefficient (Wildman–Crippen LogP) is 6.20. The maximum atomic E-state index is 13.0. The van der Waals surface area contributed by atoms with Gasteiger partial charge in [0, 0.05) is 41.5 Å². The van der Waals surface area contributed by atoms with Gasteiger partial charge in [-0.3, -0.25) is 4.57 Å². The largest absolute Gasteiger partial charge is 0.493 e. The first-order valence-electron chi connectivity index (χ1n) is 11.7. The number of amides is 1. The van der Waals surface area contributed by atoms with Crippen LogP contribution < -0.4 is 30.6 Å². The lowest BCUT2D eigenvalue weighted by Gasteiger charge is -2.18. The summed E-state index contributed by atoms with van der Waals surface area (Å²) < 4.78 is 35.5. The Hall–Kier alpha value is -4.07. The number of hydrogen-bond donors (Lipinski definition) is 2. The fourth-order valence-electron chi connectivity index (χ4n) is 3.86. The summed E-state index contributed by atoms with van der Waals surface area (Å²) in [6, 6.07) is 19.5. The number of anilines is 2. The number of rotatable bonds is 10. The number of fused-ring (bicyclic) bond motifs is 1. The van der Waals surface area contributed by atoms with E-state index in [1.54, 1.807) is 62.2 Å². The van der Waals surface area contributed by atoms with Crippen LogP contribution in [-0.2, 0) is 9.09 Å². The van der Waals surface area contributed by atoms with Gasteiger partial charge in [0.05, 0.1) is 18.5 Å². The Balaban J connectivity index is 1.59. The molecule has 0 spiro atoms. The zero-order valence-corrected chi connectivity index (χ0v) is 21.7. The van der Waals surface area contributed by atoms with Gasteiger partial charge in [0.15, 0.2) is 0 Å². The third kappa shape index (κ3) is 6.20. The quantitative estimate of drug-likeness (QED) is 0.237. The van der Waals surface area contributed by atoms with Crippen LogP contribution in [0.3, 0.4) is 0 Å². The zero-order chi connectivity index (χ0) is 26.4. The number of nitrogens with zero attached hydrogens (tertiary/aromatic N) is 1. The highest BCUT2D eigenvalue weighted by Crippen LogP contribution is 2.45. The van der Waals surface area contributed by atoms with Gasteiger partial charge in [0.25, 0.3) is 0 Å². The molecule has 4 aromatic rings. The molecule has 9 nitrogen and oxygen atoms in total. The molecule has 4 rings (SSSR count). The molecule has 0 fully saturated rings. The van der Waals surface area contributed by atoms with Gasteiger partial charge in [-0.05, 0) is 44.2 Å². The molecule has 1 unspecified atom stereocenters. The normalized spacial score (nSPS) is 12.5. The molecule has 37 heavy (non-hydrogen) atoms. The van der Waals surface area contributed by atoms with E-state index < -0.39 is 13.5 Å². The van der Waals surface area contributed by atoms with E-state index in [4.69, 9.17) is 24.5 Å². The van der Waals surface area contributed by atoms with Crippen molar-refractivity contribution in [1.82, 2.24) is 4.98 Å². The van der Waals surface area contributed by atoms with Crippen LogP contribution in [0.1, 0.15) is 13.8 Å². The molecule has 0 bridgehead atoms. The summed E-state index contributed by atoms with van der Waals surface area (Å²) >= 11 is 0. The lowest BCUT2D eigenvalue weighted by molar-refractivity contribution is 0.211. The summed E-state index contributed by atoms with van der Waals surface area (Å²) in [6.07, 6.45) is 0.737. The smallest absolute Gasteiger partial charge is 0.409 e. The van der Waals surface area contributed by atoms with E-state index in [1.807, 2.05) is 31.2 Å². The second-order valence-electron chi connectivity index (χ2n) is 8.01. The van der Waals surface area contributed by atoms with Gasteiger partial charge in [0.1, 0.15) is 28.8 Å². The predicted molar refractivity (Wildman–Crippen MR) is 144 cm³/mol. The van der Waals surface area contributed by atoms with Crippen molar-refractivity contribution in [2.24, 2.45) is 5.73 Å². The van der Waals surface area contributed by atoms with Crippen molar-refractivity contribution in [3.63, 3.8) is 0 Å². The number of hydrogen-bond acceptors (Lipinski definition) is 8. The molecule has 192 valence electrons. The zero-order valence-electron chi connectivity index (χ0n) is 20.8. The molecule has 1 aromatic heterocycles. The molecular weight excluding hydrogens is 493 g/mol. The highest BCUT2D eigenvalue weighted by atomic mass is 31.2. The summed E-state index contributed by atoms with van der Waals surface area (Å²) in [6.45, 7) is 6.01. The number of pyridine rings is 1. The molecular formula is C27H28N3O6P. The van der Waals surface area contributed by atoms with Gasteiger partial charge >= 0.3 is 6.09 Å². The highest BCUT2D eigenvalue weighted by Gasteiger charge is 2.24. The maximum absolute atomic E-state index is 13.0. The van der Waals surface area contributed by atoms with Gasteiger partial charge in [-0.15, -0.1) is 0 Å². The second kappa shape index (κ2) is 11.3. The number of benzene rings is 3. The van der Waals surface area contributed by atoms with E-state index in [2.05, 4.69) is 10.3 Å². The van der Waals surface area contributed by atoms with Crippen LogP contribution in [0, 0.1) is 0 Å². The van der Waals surface area contributed by atoms with Crippen molar-refractivity contribution in [2.75, 3.05) is 25.2 Å². The molecule has 10 heteroatoms. The molecule has 3 aromatic carbocycles. The SMILES string of the molecule is CCOc1cc(Nc2cc(Oc3ccc(OC(N)=O)c4ccccc34)ccn2)ccc1P(C)(=O)OCC. The summed E-state index contributed by atoms with van der Waals surface area (Å²) in [5.74, 6) is 2.49. The van der Waals surface area contributed by atoms with E-state index in [0.29, 0.717) is 58.4 Å². The molecule has 0 saturated heterocycles. The number of carbonyl (C=O) groups is 1. The topological polar surface area (TPSA) is 122 Å². The third-order valence-electron chi connectivity index (χ3n) is 5.36. The Morgan fingerprint density at radius 3 is 2.38 bits per heavy atom. The van der Waals surface area contributed by atoms with Crippen LogP contribution in [0.2, 0.25) is 0 Å². The number of nitrogens with two attached hydrogens (primary N) is 1. The highest BCUT2D eigenvalue weighted by molar-refractivity contribution is 7.66. The van der Waals surface area contributed by atoms with Crippen molar-refractivity contribution < 1.29 is 28.1 Å². The summed E-state index contributed by atoms with van der Waals surface area (Å²) in [4.78, 5) is 15.6. The Morgan fingerprint density at radius 1 is 0.946 bits per heavy atom. The van der Waals surface area contributed by atoms with E-state index in [9.17, 15) is 9.36 Å². The fourth-order valence-corrected chi connectivity index (χ4v) is 5.37. The molecule has 0 radical (unpaired) electrons. The van der Waals surface area contributed by atoms with Crippen LogP contribution in [0.25, 0.3) is 10.8 Å². The first-order chi connectivity index (χ1) is 17.8. The molecule has 3 N–H and O–H groups in total. The van der Waals surface area contributed by atoms with Gasteiger partial charge in [-0.1, -0.05) is 24.3 Å². The van der Waals surface area contributed by atoms with E-state index in [1.165, 1.54) is 0 Å². The Morgan fingerprint density at radius 2 is 1.68 bits per heavy atom. The average molecular weight is 522 g/mol. The molecule has 0 aliphatic rings. The second-order valence-corrected chi connectivity index (χ2v) is 10.4. The van der Waals surface area contributed by atoms with Crippen molar-refractivity contribution in [3.8, 4) is 23.0 Å². The minimum absolute atomic E-state index is 0.340. The molecule has 0 aliphatic carbocycles. The molecule has 1 atom stereocenters. The van der Waals surface area contributed by atoms with Crippen LogP contribution in [0.5, 0.6) is 23.0 Å². The van der Waals surface area contributed by atoms with Gasteiger partial charge < -0.3 is 29.8 Å². The van der Waals surface area contributed by atoms with Crippen LogP contribution >= 0.6 is 7.37 Å². The lowest BCUT2D eigenvalue weighted by Crippen LogP contribution is -2.16. The number of aromatic nitrogens is 1. The molecule has 0 saturated carbocycles. The molecule has 1 heterocycles. The lowest BCUT2D eigenvalue weighted by atomic mass is 10.1. The van der Waals surface area contributed by atoms with Crippen molar-refractivity contribution >= 4 is 41.0 Å². The number of carbonyl (C=O) groups excluding carboxylic acids is 1. The summed E-state index contributed by atoms with van der Waals surface area (Å²) in [7, 11) is -3.02. The Bertz CT molecular complexity index is 1480. The van der Waals surface area contributed by atoms with E-state index >= 15 is 0 Å². The van der Waals surface area contributed by atoms with E-state index in [0.717, 1.165) is 5.39 Å². The average Bonchev–Trinajstić information content (AvgIpc) is 2.86. The molecule has 0 aliphatic heterocycles. The van der Waals surface area contributed by atoms with Crippen molar-refractivity contribution in [1.29, 1.82) is 0 Å². The Kier molecular flexibility index (Phi) is 7.96.